The molecule has 2 fully saturated rings. The number of hydrogen-bond acceptors (Lipinski definition) is 9. The summed E-state index contributed by atoms with van der Waals surface area (Å²) in [6.07, 6.45) is 7.72. The Balaban J connectivity index is 0.000000227. The van der Waals surface area contributed by atoms with Gasteiger partial charge in [0.05, 0.1) is 26.4 Å². The standard InChI is InChI=1S/C30H41F2N3O2Si.C26H31F2N3O3.C8H18O2Si/c1-29(2,3)38(5,6)37-21-30(23-10-8-7-9-11-23)19-22(26-18-24(31)12-13-27(26)32)20-35(30)28(36)34(4)25-14-16-33-17-15-25;1-29(22-9-11-30(12-10-22)13-14-32)25(34)31-17-19(23-15-21(27)7-8-24(23)28)16-26(31,18-33)20-5-3-2-4-6-20;1-8(2,3)11(4,5)10-7-6-9/h7-13,18-19,25,33H,14-17,20-21H2,1-6H3;2-8,15-16,22,32-33H,9-14,17-18H2,1H3;6H,7H2,1-5H3. The molecule has 0 bridgehead atoms. The van der Waals surface area contributed by atoms with E-state index in [1.165, 1.54) is 6.07 Å². The second-order valence-corrected chi connectivity index (χ2v) is 35.0. The van der Waals surface area contributed by atoms with Gasteiger partial charge in [-0.3, -0.25) is 0 Å². The van der Waals surface area contributed by atoms with Gasteiger partial charge in [-0.15, -0.1) is 0 Å². The molecule has 0 aliphatic carbocycles. The van der Waals surface area contributed by atoms with Gasteiger partial charge in [0.1, 0.15) is 40.6 Å². The van der Waals surface area contributed by atoms with Crippen LogP contribution in [0.15, 0.2) is 109 Å². The largest absolute Gasteiger partial charge is 0.414 e. The highest BCUT2D eigenvalue weighted by molar-refractivity contribution is 6.74. The summed E-state index contributed by atoms with van der Waals surface area (Å²) in [7, 11) is -0.274. The van der Waals surface area contributed by atoms with Gasteiger partial charge in [-0.2, -0.15) is 0 Å². The molecule has 4 aliphatic heterocycles. The van der Waals surface area contributed by atoms with Crippen molar-refractivity contribution in [3.8, 4) is 0 Å². The fourth-order valence-electron chi connectivity index (χ4n) is 10.6. The molecule has 13 nitrogen and oxygen atoms in total. The minimum absolute atomic E-state index is 0.00423. The molecule has 4 aliphatic rings. The van der Waals surface area contributed by atoms with Crippen LogP contribution in [0.25, 0.3) is 11.1 Å². The second-order valence-electron chi connectivity index (χ2n) is 25.3. The first-order chi connectivity index (χ1) is 39.1. The zero-order valence-corrected chi connectivity index (χ0v) is 52.9. The van der Waals surface area contributed by atoms with Gasteiger partial charge < -0.3 is 53.7 Å². The summed E-state index contributed by atoms with van der Waals surface area (Å²) in [6.45, 7) is 25.9. The van der Waals surface area contributed by atoms with Crippen LogP contribution in [0.5, 0.6) is 0 Å². The summed E-state index contributed by atoms with van der Waals surface area (Å²) in [4.78, 5) is 47.2. The molecule has 0 aromatic heterocycles. The smallest absolute Gasteiger partial charge is 0.321 e. The van der Waals surface area contributed by atoms with Crippen LogP contribution in [0.1, 0.15) is 89.5 Å². The third-order valence-electron chi connectivity index (χ3n) is 18.0. The lowest BCUT2D eigenvalue weighted by molar-refractivity contribution is -0.109. The van der Waals surface area contributed by atoms with Crippen LogP contribution in [0.2, 0.25) is 36.3 Å². The molecule has 0 radical (unpaired) electrons. The second kappa shape index (κ2) is 28.1. The number of aliphatic hydroxyl groups is 2. The van der Waals surface area contributed by atoms with E-state index in [0.29, 0.717) is 23.3 Å². The third-order valence-corrected chi connectivity index (χ3v) is 27.0. The number of rotatable bonds is 15. The number of β-amino-alcohol motifs (C(OH)–C–C–N with tert-alkyl or cyclic N) is 1. The van der Waals surface area contributed by atoms with E-state index in [1.54, 1.807) is 27.8 Å². The minimum atomic E-state index is -2.22. The molecule has 2 atom stereocenters. The first kappa shape index (κ1) is 66.6. The number of carbonyl (C=O) groups excluding carboxylic acids is 3. The Morgan fingerprint density at radius 2 is 1.07 bits per heavy atom. The summed E-state index contributed by atoms with van der Waals surface area (Å²) < 4.78 is 70.2. The molecule has 4 amide bonds. The highest BCUT2D eigenvalue weighted by atomic mass is 28.4. The Morgan fingerprint density at radius 3 is 1.51 bits per heavy atom. The number of hydrogen-bond donors (Lipinski definition) is 3. The van der Waals surface area contributed by atoms with Gasteiger partial charge in [0.2, 0.25) is 0 Å². The molecule has 19 heteroatoms. The maximum Gasteiger partial charge on any atom is 0.321 e. The molecule has 2 unspecified atom stereocenters. The van der Waals surface area contributed by atoms with Crippen molar-refractivity contribution >= 4 is 46.1 Å². The average Bonchev–Trinajstić information content (AvgIpc) is 4.29. The molecule has 3 N–H and O–H groups in total. The van der Waals surface area contributed by atoms with Gasteiger partial charge in [0, 0.05) is 70.0 Å². The number of aldehydes is 1. The number of benzene rings is 4. The number of carbonyl (C=O) groups is 3. The lowest BCUT2D eigenvalue weighted by Crippen LogP contribution is -2.57. The fourth-order valence-corrected chi connectivity index (χ4v) is 12.5. The van der Waals surface area contributed by atoms with E-state index < -0.39 is 57.6 Å². The van der Waals surface area contributed by atoms with E-state index in [0.717, 1.165) is 94.0 Å². The summed E-state index contributed by atoms with van der Waals surface area (Å²) in [6, 6.07) is 25.4. The first-order valence-corrected chi connectivity index (χ1v) is 34.8. The predicted molar refractivity (Wildman–Crippen MR) is 327 cm³/mol. The van der Waals surface area contributed by atoms with Crippen LogP contribution in [0.3, 0.4) is 0 Å². The van der Waals surface area contributed by atoms with Crippen molar-refractivity contribution in [3.05, 3.63) is 155 Å². The summed E-state index contributed by atoms with van der Waals surface area (Å²) in [5.41, 5.74) is 0.718. The van der Waals surface area contributed by atoms with E-state index in [-0.39, 0.29) is 78.3 Å². The number of piperidine rings is 2. The van der Waals surface area contributed by atoms with E-state index in [2.05, 4.69) is 77.9 Å². The van der Waals surface area contributed by atoms with Crippen molar-refractivity contribution in [2.24, 2.45) is 0 Å². The van der Waals surface area contributed by atoms with Gasteiger partial charge >= 0.3 is 12.1 Å². The van der Waals surface area contributed by atoms with Gasteiger partial charge in [-0.1, -0.05) is 102 Å². The number of nitrogens with one attached hydrogen (secondary N) is 1. The van der Waals surface area contributed by atoms with E-state index in [9.17, 15) is 37.8 Å². The van der Waals surface area contributed by atoms with Crippen molar-refractivity contribution in [2.75, 3.05) is 86.3 Å². The number of halogens is 4. The SMILES string of the molecule is CC(C)(C)[Si](C)(C)OCC=O.CN(C(=O)N1CC(c2cc(F)ccc2F)=CC1(CO)c1ccccc1)C1CCN(CCO)CC1.CN(C(=O)N1CC(c2cc(F)ccc2F)=CC1(CO[Si](C)(C)C(C)(C)C)c1ccccc1)C1CCNCC1. The first-order valence-electron chi connectivity index (χ1n) is 29.0. The summed E-state index contributed by atoms with van der Waals surface area (Å²) >= 11 is 0. The molecule has 454 valence electrons. The van der Waals surface area contributed by atoms with Crippen LogP contribution < -0.4 is 5.32 Å². The minimum Gasteiger partial charge on any atom is -0.414 e. The Kier molecular flexibility index (Phi) is 22.6. The highest BCUT2D eigenvalue weighted by Gasteiger charge is 2.50. The molecule has 0 saturated carbocycles. The van der Waals surface area contributed by atoms with Crippen molar-refractivity contribution in [3.63, 3.8) is 0 Å². The van der Waals surface area contributed by atoms with Crippen LogP contribution in [-0.4, -0.2) is 168 Å². The van der Waals surface area contributed by atoms with Gasteiger partial charge in [-0.05, 0) is 146 Å². The van der Waals surface area contributed by atoms with Crippen molar-refractivity contribution in [1.82, 2.24) is 29.8 Å². The number of nitrogens with zero attached hydrogens (tertiary/aromatic N) is 5. The maximum absolute atomic E-state index is 15.0. The zero-order chi connectivity index (χ0) is 61.1. The number of likely N-dealkylation sites (tertiary alicyclic amines) is 1. The Hall–Kier alpha value is -5.52. The van der Waals surface area contributed by atoms with E-state index in [4.69, 9.17) is 8.85 Å². The molecule has 0 spiro atoms. The van der Waals surface area contributed by atoms with Gasteiger partial charge in [-0.25, -0.2) is 27.2 Å². The Morgan fingerprint density at radius 1 is 0.651 bits per heavy atom. The molecular weight excluding hydrogens is 1100 g/mol. The predicted octanol–water partition coefficient (Wildman–Crippen LogP) is 11.7. The highest BCUT2D eigenvalue weighted by Crippen LogP contribution is 2.46. The third kappa shape index (κ3) is 15.7. The molecule has 83 heavy (non-hydrogen) atoms. The van der Waals surface area contributed by atoms with Crippen LogP contribution in [0, 0.1) is 23.3 Å². The molecule has 2 saturated heterocycles. The monoisotopic (exact) mass is 1190 g/mol. The zero-order valence-electron chi connectivity index (χ0n) is 50.9. The van der Waals surface area contributed by atoms with Gasteiger partial charge in [0.15, 0.2) is 16.6 Å². The Bertz CT molecular complexity index is 2870. The normalized spacial score (nSPS) is 20.2. The van der Waals surface area contributed by atoms with Crippen molar-refractivity contribution in [1.29, 1.82) is 0 Å². The number of amides is 4. The fraction of sp³-hybridized carbons (Fsp3) is 0.516. The van der Waals surface area contributed by atoms with Crippen LogP contribution >= 0.6 is 0 Å². The molecule has 4 aromatic carbocycles. The lowest BCUT2D eigenvalue weighted by Gasteiger charge is -2.45. The summed E-state index contributed by atoms with van der Waals surface area (Å²) in [5, 5.41) is 23.3. The lowest BCUT2D eigenvalue weighted by atomic mass is 9.89. The maximum atomic E-state index is 15.0. The molecule has 8 rings (SSSR count). The quantitative estimate of drug-likeness (QED) is 0.0603. The average molecular weight is 1190 g/mol. The van der Waals surface area contributed by atoms with Crippen molar-refractivity contribution in [2.45, 2.75) is 127 Å². The molecule has 4 heterocycles. The van der Waals surface area contributed by atoms with Crippen molar-refractivity contribution < 1.29 is 51.0 Å². The van der Waals surface area contributed by atoms with Crippen LogP contribution in [0.4, 0.5) is 27.2 Å². The number of urea groups is 2. The molecular formula is C64H90F4N6O7Si2. The number of aliphatic hydroxyl groups excluding tert-OH is 2. The van der Waals surface area contributed by atoms with Crippen LogP contribution in [-0.2, 0) is 24.7 Å². The molecule has 4 aromatic rings. The van der Waals surface area contributed by atoms with E-state index >= 15 is 4.39 Å². The topological polar surface area (TPSA) is 138 Å². The van der Waals surface area contributed by atoms with Gasteiger partial charge in [0.25, 0.3) is 0 Å². The Labute approximate surface area is 492 Å². The summed E-state index contributed by atoms with van der Waals surface area (Å²) in [5.74, 6) is -2.16. The van der Waals surface area contributed by atoms with E-state index in [1.807, 2.05) is 78.7 Å².